The molecule has 1 rings (SSSR count). The first-order valence-electron chi connectivity index (χ1n) is 6.47. The summed E-state index contributed by atoms with van der Waals surface area (Å²) in [5.74, 6) is 0.777. The van der Waals surface area contributed by atoms with Crippen LogP contribution in [0.25, 0.3) is 0 Å². The van der Waals surface area contributed by atoms with Gasteiger partial charge < -0.3 is 14.6 Å². The fourth-order valence-corrected chi connectivity index (χ4v) is 2.85. The Morgan fingerprint density at radius 3 is 2.30 bits per heavy atom. The van der Waals surface area contributed by atoms with Gasteiger partial charge in [0.1, 0.15) is 16.4 Å². The van der Waals surface area contributed by atoms with Crippen LogP contribution in [-0.4, -0.2) is 39.9 Å². The molecule has 0 fully saturated rings. The minimum Gasteiger partial charge on any atom is -0.494 e. The number of sulfonamides is 1. The van der Waals surface area contributed by atoms with Gasteiger partial charge in [-0.25, -0.2) is 13.1 Å². The molecule has 0 amide bonds. The second kappa shape index (κ2) is 7.47. The molecule has 0 unspecified atom stereocenters. The van der Waals surface area contributed by atoms with Crippen molar-refractivity contribution in [1.29, 1.82) is 0 Å². The van der Waals surface area contributed by atoms with E-state index in [9.17, 15) is 8.42 Å². The molecular weight excluding hydrogens is 282 g/mol. The molecule has 1 aromatic rings. The van der Waals surface area contributed by atoms with E-state index in [0.717, 1.165) is 5.56 Å². The Morgan fingerprint density at radius 2 is 1.75 bits per heavy atom. The summed E-state index contributed by atoms with van der Waals surface area (Å²) in [4.78, 5) is 0.0156. The zero-order valence-electron chi connectivity index (χ0n) is 12.0. The van der Waals surface area contributed by atoms with Gasteiger partial charge in [-0.05, 0) is 32.4 Å². The van der Waals surface area contributed by atoms with Gasteiger partial charge in [-0.2, -0.15) is 0 Å². The lowest BCUT2D eigenvalue weighted by Crippen LogP contribution is -2.27. The molecule has 2 N–H and O–H groups in total. The summed E-state index contributed by atoms with van der Waals surface area (Å²) in [7, 11) is -3.75. The van der Waals surface area contributed by atoms with Gasteiger partial charge in [0.25, 0.3) is 0 Å². The zero-order valence-corrected chi connectivity index (χ0v) is 12.8. The number of rotatable bonds is 8. The topological polar surface area (TPSA) is 84.9 Å². The molecule has 0 aromatic heterocycles. The number of hydrogen-bond acceptors (Lipinski definition) is 5. The van der Waals surface area contributed by atoms with E-state index < -0.39 is 10.0 Å². The third-order valence-corrected chi connectivity index (χ3v) is 4.02. The summed E-state index contributed by atoms with van der Waals surface area (Å²) < 4.78 is 37.5. The van der Waals surface area contributed by atoms with E-state index in [2.05, 4.69) is 4.72 Å². The molecule has 0 spiro atoms. The number of aliphatic hydroxyl groups is 1. The van der Waals surface area contributed by atoms with Crippen LogP contribution < -0.4 is 14.2 Å². The molecule has 0 radical (unpaired) electrons. The molecule has 114 valence electrons. The smallest absolute Gasteiger partial charge is 0.244 e. The molecule has 0 saturated carbocycles. The van der Waals surface area contributed by atoms with Crippen molar-refractivity contribution in [2.45, 2.75) is 25.7 Å². The first-order chi connectivity index (χ1) is 9.46. The molecule has 1 aromatic carbocycles. The summed E-state index contributed by atoms with van der Waals surface area (Å²) in [5, 5.41) is 8.75. The van der Waals surface area contributed by atoms with Crippen LogP contribution in [-0.2, 0) is 10.0 Å². The molecular formula is C13H21NO5S. The highest BCUT2D eigenvalue weighted by Crippen LogP contribution is 2.31. The summed E-state index contributed by atoms with van der Waals surface area (Å²) in [5.41, 5.74) is 0.802. The summed E-state index contributed by atoms with van der Waals surface area (Å²) in [6.07, 6.45) is 0. The normalized spacial score (nSPS) is 11.4. The standard InChI is InChI=1S/C13H21NO5S/c1-4-18-11-9-13(20(16,17)14-6-7-15)12(19-5-2)8-10(11)3/h8-9,14-15H,4-7H2,1-3H3. The second-order valence-electron chi connectivity index (χ2n) is 4.05. The monoisotopic (exact) mass is 303 g/mol. The number of aliphatic hydroxyl groups excluding tert-OH is 1. The highest BCUT2D eigenvalue weighted by molar-refractivity contribution is 7.89. The highest BCUT2D eigenvalue weighted by atomic mass is 32.2. The number of ether oxygens (including phenoxy) is 2. The van der Waals surface area contributed by atoms with Crippen LogP contribution in [0.2, 0.25) is 0 Å². The van der Waals surface area contributed by atoms with Gasteiger partial charge in [0.2, 0.25) is 10.0 Å². The Balaban J connectivity index is 3.29. The molecule has 7 heteroatoms. The van der Waals surface area contributed by atoms with E-state index in [4.69, 9.17) is 14.6 Å². The van der Waals surface area contributed by atoms with E-state index in [-0.39, 0.29) is 23.8 Å². The fraction of sp³-hybridized carbons (Fsp3) is 0.538. The van der Waals surface area contributed by atoms with Crippen LogP contribution in [0.15, 0.2) is 17.0 Å². The molecule has 0 heterocycles. The average Bonchev–Trinajstić information content (AvgIpc) is 2.40. The maximum atomic E-state index is 12.2. The second-order valence-corrected chi connectivity index (χ2v) is 5.79. The average molecular weight is 303 g/mol. The van der Waals surface area contributed by atoms with Gasteiger partial charge in [0.05, 0.1) is 19.8 Å². The van der Waals surface area contributed by atoms with E-state index in [1.54, 1.807) is 13.0 Å². The molecule has 0 aliphatic heterocycles. The highest BCUT2D eigenvalue weighted by Gasteiger charge is 2.21. The Hall–Kier alpha value is -1.31. The van der Waals surface area contributed by atoms with Gasteiger partial charge in [-0.3, -0.25) is 0 Å². The van der Waals surface area contributed by atoms with Crippen molar-refractivity contribution in [3.63, 3.8) is 0 Å². The maximum absolute atomic E-state index is 12.2. The van der Waals surface area contributed by atoms with E-state index in [0.29, 0.717) is 19.0 Å². The van der Waals surface area contributed by atoms with Crippen molar-refractivity contribution in [3.05, 3.63) is 17.7 Å². The van der Waals surface area contributed by atoms with E-state index >= 15 is 0 Å². The Bertz CT molecular complexity index is 542. The van der Waals surface area contributed by atoms with Crippen LogP contribution >= 0.6 is 0 Å². The summed E-state index contributed by atoms with van der Waals surface area (Å²) in [6, 6.07) is 3.09. The third kappa shape index (κ3) is 4.09. The Morgan fingerprint density at radius 1 is 1.15 bits per heavy atom. The molecule has 0 aliphatic rings. The fourth-order valence-electron chi connectivity index (χ4n) is 1.69. The minimum absolute atomic E-state index is 0.0156. The van der Waals surface area contributed by atoms with Crippen LogP contribution in [0.4, 0.5) is 0 Å². The Kier molecular flexibility index (Phi) is 6.25. The lowest BCUT2D eigenvalue weighted by molar-refractivity contribution is 0.300. The third-order valence-electron chi connectivity index (χ3n) is 2.53. The Labute approximate surface area is 119 Å². The predicted molar refractivity (Wildman–Crippen MR) is 75.8 cm³/mol. The summed E-state index contributed by atoms with van der Waals surface area (Å²) in [6.45, 7) is 5.91. The van der Waals surface area contributed by atoms with Gasteiger partial charge in [0, 0.05) is 12.6 Å². The van der Waals surface area contributed by atoms with Gasteiger partial charge in [0.15, 0.2) is 0 Å². The molecule has 6 nitrogen and oxygen atoms in total. The van der Waals surface area contributed by atoms with Crippen molar-refractivity contribution in [3.8, 4) is 11.5 Å². The molecule has 0 aliphatic carbocycles. The predicted octanol–water partition coefficient (Wildman–Crippen LogP) is 1.06. The van der Waals surface area contributed by atoms with Gasteiger partial charge in [-0.1, -0.05) is 0 Å². The van der Waals surface area contributed by atoms with Crippen molar-refractivity contribution in [2.75, 3.05) is 26.4 Å². The first kappa shape index (κ1) is 16.7. The van der Waals surface area contributed by atoms with Crippen LogP contribution in [0.5, 0.6) is 11.5 Å². The largest absolute Gasteiger partial charge is 0.494 e. The van der Waals surface area contributed by atoms with E-state index in [1.165, 1.54) is 6.07 Å². The SMILES string of the molecule is CCOc1cc(S(=O)(=O)NCCO)c(OCC)cc1C. The van der Waals surface area contributed by atoms with Gasteiger partial charge in [-0.15, -0.1) is 0 Å². The van der Waals surface area contributed by atoms with E-state index in [1.807, 2.05) is 13.8 Å². The molecule has 0 bridgehead atoms. The first-order valence-corrected chi connectivity index (χ1v) is 7.95. The maximum Gasteiger partial charge on any atom is 0.244 e. The van der Waals surface area contributed by atoms with Gasteiger partial charge >= 0.3 is 0 Å². The zero-order chi connectivity index (χ0) is 15.2. The molecule has 20 heavy (non-hydrogen) atoms. The number of aryl methyl sites for hydroxylation is 1. The van der Waals surface area contributed by atoms with Crippen molar-refractivity contribution < 1.29 is 23.0 Å². The van der Waals surface area contributed by atoms with Crippen LogP contribution in [0.1, 0.15) is 19.4 Å². The van der Waals surface area contributed by atoms with Crippen molar-refractivity contribution in [2.24, 2.45) is 0 Å². The van der Waals surface area contributed by atoms with Crippen LogP contribution in [0.3, 0.4) is 0 Å². The van der Waals surface area contributed by atoms with Crippen molar-refractivity contribution in [1.82, 2.24) is 4.72 Å². The number of nitrogens with one attached hydrogen (secondary N) is 1. The minimum atomic E-state index is -3.75. The lowest BCUT2D eigenvalue weighted by Gasteiger charge is -2.15. The number of hydrogen-bond donors (Lipinski definition) is 2. The molecule has 0 atom stereocenters. The van der Waals surface area contributed by atoms with Crippen molar-refractivity contribution >= 4 is 10.0 Å². The molecule has 0 saturated heterocycles. The summed E-state index contributed by atoms with van der Waals surface area (Å²) >= 11 is 0. The quantitative estimate of drug-likeness (QED) is 0.750. The van der Waals surface area contributed by atoms with Crippen LogP contribution in [0, 0.1) is 6.92 Å². The lowest BCUT2D eigenvalue weighted by atomic mass is 10.2. The number of benzene rings is 1.